The molecule has 0 fully saturated rings. The molecule has 2 aromatic carbocycles. The van der Waals surface area contributed by atoms with Gasteiger partial charge in [0.25, 0.3) is 0 Å². The molecule has 0 aromatic heterocycles. The Balaban J connectivity index is 2.16. The van der Waals surface area contributed by atoms with Crippen LogP contribution in [0.2, 0.25) is 0 Å². The normalized spacial score (nSPS) is 11.0. The van der Waals surface area contributed by atoms with Gasteiger partial charge in [0.15, 0.2) is 0 Å². The molecule has 2 nitrogen and oxygen atoms in total. The van der Waals surface area contributed by atoms with Crippen LogP contribution in [0.4, 0.5) is 0 Å². The summed E-state index contributed by atoms with van der Waals surface area (Å²) in [5.41, 5.74) is 0.681. The minimum atomic E-state index is 0.681. The highest BCUT2D eigenvalue weighted by molar-refractivity contribution is 7.97. The van der Waals surface area contributed by atoms with Gasteiger partial charge in [-0.25, -0.2) is 4.31 Å². The topological polar surface area (TPSA) is 27.1 Å². The Morgan fingerprint density at radius 3 is 2.59 bits per heavy atom. The summed E-state index contributed by atoms with van der Waals surface area (Å²) >= 11 is 1.68. The molecule has 0 saturated carbocycles. The van der Waals surface area contributed by atoms with Crippen molar-refractivity contribution in [2.75, 3.05) is 13.6 Å². The summed E-state index contributed by atoms with van der Waals surface area (Å²) in [4.78, 5) is 1.22. The van der Waals surface area contributed by atoms with E-state index in [1.165, 1.54) is 15.7 Å². The van der Waals surface area contributed by atoms with Crippen molar-refractivity contribution in [3.63, 3.8) is 0 Å². The minimum Gasteiger partial charge on any atom is -0.309 e. The van der Waals surface area contributed by atoms with Crippen molar-refractivity contribution in [1.29, 1.82) is 5.41 Å². The molecule has 0 unspecified atom stereocenters. The molecule has 1 N–H and O–H groups in total. The molecule has 0 bridgehead atoms. The third kappa shape index (κ3) is 3.32. The SMILES string of the molecule is CC(=N)CN(C)Sc1ccc2ccccc2c1. The van der Waals surface area contributed by atoms with Crippen LogP contribution in [0, 0.1) is 5.41 Å². The van der Waals surface area contributed by atoms with Crippen LogP contribution in [0.1, 0.15) is 6.92 Å². The number of nitrogens with zero attached hydrogens (tertiary/aromatic N) is 1. The second-order valence-electron chi connectivity index (χ2n) is 4.17. The predicted octanol–water partition coefficient (Wildman–Crippen LogP) is 3.82. The van der Waals surface area contributed by atoms with Gasteiger partial charge in [0, 0.05) is 17.2 Å². The van der Waals surface area contributed by atoms with E-state index in [0.717, 1.165) is 0 Å². The Morgan fingerprint density at radius 2 is 1.88 bits per heavy atom. The summed E-state index contributed by atoms with van der Waals surface area (Å²) in [7, 11) is 2.01. The van der Waals surface area contributed by atoms with Crippen molar-refractivity contribution >= 4 is 28.4 Å². The lowest BCUT2D eigenvalue weighted by atomic mass is 10.1. The standard InChI is InChI=1S/C14H16N2S/c1-11(15)10-16(2)17-14-8-7-12-5-3-4-6-13(12)9-14/h3-9,15H,10H2,1-2H3. The molecule has 0 radical (unpaired) electrons. The first-order valence-electron chi connectivity index (χ1n) is 5.57. The van der Waals surface area contributed by atoms with Crippen molar-refractivity contribution in [2.24, 2.45) is 0 Å². The Labute approximate surface area is 106 Å². The zero-order valence-corrected chi connectivity index (χ0v) is 10.9. The second-order valence-corrected chi connectivity index (χ2v) is 5.44. The number of hydrogen-bond acceptors (Lipinski definition) is 3. The zero-order valence-electron chi connectivity index (χ0n) is 10.1. The molecule has 0 spiro atoms. The predicted molar refractivity (Wildman–Crippen MR) is 75.8 cm³/mol. The first kappa shape index (κ1) is 12.1. The lowest BCUT2D eigenvalue weighted by Gasteiger charge is -2.14. The molecule has 2 aromatic rings. The highest BCUT2D eigenvalue weighted by Gasteiger charge is 2.03. The fourth-order valence-electron chi connectivity index (χ4n) is 1.77. The number of fused-ring (bicyclic) bond motifs is 1. The van der Waals surface area contributed by atoms with Crippen molar-refractivity contribution in [3.8, 4) is 0 Å². The largest absolute Gasteiger partial charge is 0.309 e. The summed E-state index contributed by atoms with van der Waals surface area (Å²) in [6.45, 7) is 2.52. The van der Waals surface area contributed by atoms with Gasteiger partial charge in [0.1, 0.15) is 0 Å². The molecule has 0 atom stereocenters. The van der Waals surface area contributed by atoms with E-state index in [-0.39, 0.29) is 0 Å². The molecule has 0 saturated heterocycles. The van der Waals surface area contributed by atoms with Crippen LogP contribution in [0.3, 0.4) is 0 Å². The van der Waals surface area contributed by atoms with Crippen molar-refractivity contribution in [2.45, 2.75) is 11.8 Å². The average Bonchev–Trinajstić information content (AvgIpc) is 2.27. The molecule has 0 aliphatic heterocycles. The van der Waals surface area contributed by atoms with E-state index in [1.807, 2.05) is 14.0 Å². The van der Waals surface area contributed by atoms with E-state index in [0.29, 0.717) is 12.3 Å². The molecule has 0 heterocycles. The summed E-state index contributed by atoms with van der Waals surface area (Å²) < 4.78 is 2.08. The van der Waals surface area contributed by atoms with Crippen molar-refractivity contribution in [1.82, 2.24) is 4.31 Å². The molecule has 3 heteroatoms. The Hall–Kier alpha value is -1.32. The summed E-state index contributed by atoms with van der Waals surface area (Å²) in [6, 6.07) is 14.8. The lowest BCUT2D eigenvalue weighted by Crippen LogP contribution is -2.16. The molecule has 0 aliphatic rings. The molecule has 0 amide bonds. The minimum absolute atomic E-state index is 0.681. The van der Waals surface area contributed by atoms with Gasteiger partial charge in [-0.2, -0.15) is 0 Å². The van der Waals surface area contributed by atoms with Gasteiger partial charge in [-0.3, -0.25) is 0 Å². The average molecular weight is 244 g/mol. The molecule has 17 heavy (non-hydrogen) atoms. The number of hydrogen-bond donors (Lipinski definition) is 1. The Bertz CT molecular complexity index is 536. The fraction of sp³-hybridized carbons (Fsp3) is 0.214. The molecule has 2 rings (SSSR count). The van der Waals surface area contributed by atoms with Crippen LogP contribution < -0.4 is 0 Å². The van der Waals surface area contributed by atoms with Crippen molar-refractivity contribution < 1.29 is 0 Å². The van der Waals surface area contributed by atoms with E-state index in [9.17, 15) is 0 Å². The van der Waals surface area contributed by atoms with Gasteiger partial charge in [0.2, 0.25) is 0 Å². The summed E-state index contributed by atoms with van der Waals surface area (Å²) in [6.07, 6.45) is 0. The summed E-state index contributed by atoms with van der Waals surface area (Å²) in [5.74, 6) is 0. The van der Waals surface area contributed by atoms with Gasteiger partial charge >= 0.3 is 0 Å². The number of benzene rings is 2. The molecular weight excluding hydrogens is 228 g/mol. The first-order valence-corrected chi connectivity index (χ1v) is 6.34. The van der Waals surface area contributed by atoms with E-state index < -0.39 is 0 Å². The van der Waals surface area contributed by atoms with Gasteiger partial charge in [-0.05, 0) is 48.8 Å². The van der Waals surface area contributed by atoms with Crippen LogP contribution >= 0.6 is 11.9 Å². The highest BCUT2D eigenvalue weighted by atomic mass is 32.2. The third-order valence-electron chi connectivity index (χ3n) is 2.44. The molecule has 0 aliphatic carbocycles. The monoisotopic (exact) mass is 244 g/mol. The van der Waals surface area contributed by atoms with E-state index >= 15 is 0 Å². The molecular formula is C14H16N2S. The molecule has 88 valence electrons. The van der Waals surface area contributed by atoms with Crippen LogP contribution in [-0.4, -0.2) is 23.6 Å². The van der Waals surface area contributed by atoms with Crippen LogP contribution in [0.5, 0.6) is 0 Å². The number of nitrogens with one attached hydrogen (secondary N) is 1. The van der Waals surface area contributed by atoms with Gasteiger partial charge in [-0.1, -0.05) is 30.3 Å². The van der Waals surface area contributed by atoms with Crippen molar-refractivity contribution in [3.05, 3.63) is 42.5 Å². The van der Waals surface area contributed by atoms with Crippen LogP contribution in [-0.2, 0) is 0 Å². The smallest absolute Gasteiger partial charge is 0.0464 e. The summed E-state index contributed by atoms with van der Waals surface area (Å²) in [5, 5.41) is 9.99. The van der Waals surface area contributed by atoms with Gasteiger partial charge in [-0.15, -0.1) is 0 Å². The quantitative estimate of drug-likeness (QED) is 0.654. The maximum absolute atomic E-state index is 7.47. The maximum Gasteiger partial charge on any atom is 0.0464 e. The number of rotatable bonds is 4. The highest BCUT2D eigenvalue weighted by Crippen LogP contribution is 2.25. The van der Waals surface area contributed by atoms with E-state index in [4.69, 9.17) is 5.41 Å². The Kier molecular flexibility index (Phi) is 3.82. The van der Waals surface area contributed by atoms with Gasteiger partial charge < -0.3 is 5.41 Å². The van der Waals surface area contributed by atoms with E-state index in [2.05, 4.69) is 46.8 Å². The maximum atomic E-state index is 7.47. The first-order chi connectivity index (χ1) is 8.15. The Morgan fingerprint density at radius 1 is 1.18 bits per heavy atom. The second kappa shape index (κ2) is 5.34. The van der Waals surface area contributed by atoms with Gasteiger partial charge in [0.05, 0.1) is 0 Å². The lowest BCUT2D eigenvalue weighted by molar-refractivity contribution is 0.651. The van der Waals surface area contributed by atoms with Crippen LogP contribution in [0.25, 0.3) is 10.8 Å². The van der Waals surface area contributed by atoms with E-state index in [1.54, 1.807) is 11.9 Å². The third-order valence-corrected chi connectivity index (χ3v) is 3.35. The fourth-order valence-corrected chi connectivity index (χ4v) is 2.70. The van der Waals surface area contributed by atoms with Crippen LogP contribution in [0.15, 0.2) is 47.4 Å². The zero-order chi connectivity index (χ0) is 12.3.